The lowest BCUT2D eigenvalue weighted by atomic mass is 9.75. The smallest absolute Gasteiger partial charge is 0.252 e. The molecule has 0 spiro atoms. The van der Waals surface area contributed by atoms with E-state index in [-0.39, 0.29) is 17.9 Å². The Morgan fingerprint density at radius 2 is 1.96 bits per heavy atom. The van der Waals surface area contributed by atoms with Crippen molar-refractivity contribution in [1.82, 2.24) is 5.32 Å². The average molecular weight is 345 g/mol. The van der Waals surface area contributed by atoms with Gasteiger partial charge in [-0.05, 0) is 42.7 Å². The first-order chi connectivity index (χ1) is 11.1. The summed E-state index contributed by atoms with van der Waals surface area (Å²) in [4.78, 5) is 12.4. The molecule has 3 rings (SSSR count). The Balaban J connectivity index is 1.76. The second kappa shape index (κ2) is 6.62. The lowest BCUT2D eigenvalue weighted by Gasteiger charge is -2.38. The van der Waals surface area contributed by atoms with Gasteiger partial charge in [-0.1, -0.05) is 41.4 Å². The van der Waals surface area contributed by atoms with Crippen molar-refractivity contribution >= 4 is 29.1 Å². The lowest BCUT2D eigenvalue weighted by molar-refractivity contribution is 0.0904. The zero-order valence-electron chi connectivity index (χ0n) is 12.2. The fourth-order valence-corrected chi connectivity index (χ4v) is 3.42. The number of hydrogen-bond donors (Lipinski definition) is 1. The van der Waals surface area contributed by atoms with Crippen LogP contribution in [0.1, 0.15) is 40.2 Å². The molecular weight excluding hydrogens is 331 g/mol. The normalized spacial score (nSPS) is 19.5. The van der Waals surface area contributed by atoms with Crippen LogP contribution in [-0.4, -0.2) is 11.9 Å². The molecule has 0 radical (unpaired) electrons. The predicted octanol–water partition coefficient (Wildman–Crippen LogP) is 4.54. The Morgan fingerprint density at radius 1 is 1.17 bits per heavy atom. The lowest BCUT2D eigenvalue weighted by Crippen LogP contribution is -2.45. The van der Waals surface area contributed by atoms with Gasteiger partial charge in [0.25, 0.3) is 5.91 Å². The van der Waals surface area contributed by atoms with Gasteiger partial charge in [-0.2, -0.15) is 5.26 Å². The number of amides is 1. The Kier molecular flexibility index (Phi) is 4.56. The van der Waals surface area contributed by atoms with E-state index in [9.17, 15) is 4.79 Å². The van der Waals surface area contributed by atoms with E-state index < -0.39 is 0 Å². The molecule has 1 fully saturated rings. The van der Waals surface area contributed by atoms with Crippen LogP contribution < -0.4 is 5.32 Å². The van der Waals surface area contributed by atoms with Crippen LogP contribution in [0.25, 0.3) is 0 Å². The molecule has 0 aromatic heterocycles. The van der Waals surface area contributed by atoms with Crippen molar-refractivity contribution in [3.05, 3.63) is 69.2 Å². The molecule has 1 saturated carbocycles. The van der Waals surface area contributed by atoms with E-state index in [0.717, 1.165) is 18.4 Å². The Bertz CT molecular complexity index is 798. The molecular formula is C18H14Cl2N2O. The van der Waals surface area contributed by atoms with E-state index >= 15 is 0 Å². The molecule has 1 aliphatic carbocycles. The van der Waals surface area contributed by atoms with Crippen molar-refractivity contribution in [2.75, 3.05) is 0 Å². The third kappa shape index (κ3) is 3.19. The van der Waals surface area contributed by atoms with E-state index in [1.54, 1.807) is 30.3 Å². The monoisotopic (exact) mass is 344 g/mol. The van der Waals surface area contributed by atoms with Crippen LogP contribution in [0, 0.1) is 11.3 Å². The van der Waals surface area contributed by atoms with Crippen LogP contribution in [0.5, 0.6) is 0 Å². The number of nitriles is 1. The van der Waals surface area contributed by atoms with Gasteiger partial charge in [-0.3, -0.25) is 4.79 Å². The minimum absolute atomic E-state index is 0.0212. The van der Waals surface area contributed by atoms with Crippen LogP contribution in [0.4, 0.5) is 0 Å². The summed E-state index contributed by atoms with van der Waals surface area (Å²) in [7, 11) is 0. The van der Waals surface area contributed by atoms with Crippen LogP contribution in [0.15, 0.2) is 42.5 Å². The Labute approximate surface area is 144 Å². The predicted molar refractivity (Wildman–Crippen MR) is 90.8 cm³/mol. The van der Waals surface area contributed by atoms with Gasteiger partial charge >= 0.3 is 0 Å². The van der Waals surface area contributed by atoms with Crippen molar-refractivity contribution in [1.29, 1.82) is 5.26 Å². The second-order valence-electron chi connectivity index (χ2n) is 5.59. The van der Waals surface area contributed by atoms with E-state index in [0.29, 0.717) is 21.2 Å². The molecule has 2 aromatic carbocycles. The molecule has 0 aliphatic heterocycles. The van der Waals surface area contributed by atoms with Crippen molar-refractivity contribution in [3.8, 4) is 6.07 Å². The van der Waals surface area contributed by atoms with Crippen LogP contribution in [0.2, 0.25) is 10.0 Å². The zero-order valence-corrected chi connectivity index (χ0v) is 13.7. The highest BCUT2D eigenvalue weighted by Crippen LogP contribution is 2.41. The number of nitrogens with zero attached hydrogens (tertiary/aromatic N) is 1. The summed E-state index contributed by atoms with van der Waals surface area (Å²) in [6.45, 7) is 0. The van der Waals surface area contributed by atoms with Crippen LogP contribution >= 0.6 is 23.2 Å². The van der Waals surface area contributed by atoms with Gasteiger partial charge < -0.3 is 5.32 Å². The van der Waals surface area contributed by atoms with Gasteiger partial charge in [0.15, 0.2) is 0 Å². The van der Waals surface area contributed by atoms with Crippen molar-refractivity contribution in [2.24, 2.45) is 0 Å². The molecule has 2 aromatic rings. The molecule has 0 saturated heterocycles. The largest absolute Gasteiger partial charge is 0.349 e. The topological polar surface area (TPSA) is 52.9 Å². The standard InChI is InChI=1S/C18H14Cl2N2O/c19-12-5-6-14(16(20)9-12)15-7-8-17(15)22-18(23)13-4-2-1-3-11(13)10-21/h1-6,9,15,17H,7-8H2,(H,22,23)/t15-,17-/m0/s1. The summed E-state index contributed by atoms with van der Waals surface area (Å²) in [6.07, 6.45) is 1.86. The van der Waals surface area contributed by atoms with E-state index in [2.05, 4.69) is 5.32 Å². The Hall–Kier alpha value is -2.02. The highest BCUT2D eigenvalue weighted by Gasteiger charge is 2.34. The number of halogens is 2. The number of carbonyl (C=O) groups is 1. The van der Waals surface area contributed by atoms with Crippen molar-refractivity contribution in [3.63, 3.8) is 0 Å². The fraction of sp³-hybridized carbons (Fsp3) is 0.222. The number of hydrogen-bond acceptors (Lipinski definition) is 2. The third-order valence-electron chi connectivity index (χ3n) is 4.24. The fourth-order valence-electron chi connectivity index (χ4n) is 2.87. The maximum absolute atomic E-state index is 12.4. The summed E-state index contributed by atoms with van der Waals surface area (Å²) in [5.74, 6) is -0.0418. The molecule has 1 N–H and O–H groups in total. The molecule has 3 nitrogen and oxygen atoms in total. The maximum Gasteiger partial charge on any atom is 0.252 e. The number of carbonyl (C=O) groups excluding carboxylic acids is 1. The van der Waals surface area contributed by atoms with E-state index in [4.69, 9.17) is 28.5 Å². The highest BCUT2D eigenvalue weighted by molar-refractivity contribution is 6.35. The second-order valence-corrected chi connectivity index (χ2v) is 6.43. The summed E-state index contributed by atoms with van der Waals surface area (Å²) < 4.78 is 0. The van der Waals surface area contributed by atoms with E-state index in [1.807, 2.05) is 18.2 Å². The molecule has 23 heavy (non-hydrogen) atoms. The molecule has 0 bridgehead atoms. The highest BCUT2D eigenvalue weighted by atomic mass is 35.5. The molecule has 1 aliphatic rings. The molecule has 0 heterocycles. The van der Waals surface area contributed by atoms with Gasteiger partial charge in [0.05, 0.1) is 17.2 Å². The molecule has 0 unspecified atom stereocenters. The quantitative estimate of drug-likeness (QED) is 0.888. The van der Waals surface area contributed by atoms with Gasteiger partial charge in [0.2, 0.25) is 0 Å². The minimum atomic E-state index is -0.220. The first-order valence-corrected chi connectivity index (χ1v) is 8.10. The van der Waals surface area contributed by atoms with E-state index in [1.165, 1.54) is 0 Å². The molecule has 5 heteroatoms. The zero-order chi connectivity index (χ0) is 16.4. The summed E-state index contributed by atoms with van der Waals surface area (Å²) in [5.41, 5.74) is 1.79. The van der Waals surface area contributed by atoms with Crippen molar-refractivity contribution < 1.29 is 4.79 Å². The molecule has 2 atom stereocenters. The first kappa shape index (κ1) is 15.9. The SMILES string of the molecule is N#Cc1ccccc1C(=O)N[C@H]1CC[C@H]1c1ccc(Cl)cc1Cl. The van der Waals surface area contributed by atoms with Gasteiger partial charge in [-0.15, -0.1) is 0 Å². The van der Waals surface area contributed by atoms with Crippen LogP contribution in [-0.2, 0) is 0 Å². The third-order valence-corrected chi connectivity index (χ3v) is 4.81. The summed E-state index contributed by atoms with van der Waals surface area (Å²) in [6, 6.07) is 14.3. The maximum atomic E-state index is 12.4. The average Bonchev–Trinajstić information content (AvgIpc) is 2.53. The van der Waals surface area contributed by atoms with Gasteiger partial charge in [0, 0.05) is 22.0 Å². The minimum Gasteiger partial charge on any atom is -0.349 e. The first-order valence-electron chi connectivity index (χ1n) is 7.35. The van der Waals surface area contributed by atoms with Gasteiger partial charge in [0.1, 0.15) is 0 Å². The molecule has 116 valence electrons. The number of rotatable bonds is 3. The number of nitrogens with one attached hydrogen (secondary N) is 1. The molecule has 1 amide bonds. The Morgan fingerprint density at radius 3 is 2.61 bits per heavy atom. The van der Waals surface area contributed by atoms with Gasteiger partial charge in [-0.25, -0.2) is 0 Å². The van der Waals surface area contributed by atoms with Crippen LogP contribution in [0.3, 0.4) is 0 Å². The van der Waals surface area contributed by atoms with Crippen molar-refractivity contribution in [2.45, 2.75) is 24.8 Å². The summed E-state index contributed by atoms with van der Waals surface area (Å²) >= 11 is 12.2. The number of benzene rings is 2. The summed E-state index contributed by atoms with van der Waals surface area (Å²) in [5, 5.41) is 13.3.